The van der Waals surface area contributed by atoms with Gasteiger partial charge in [0.1, 0.15) is 5.54 Å². The molecule has 0 fully saturated rings. The van der Waals surface area contributed by atoms with Crippen LogP contribution in [-0.2, 0) is 10.3 Å². The molecule has 0 saturated carbocycles. The van der Waals surface area contributed by atoms with E-state index in [0.717, 1.165) is 0 Å². The molecule has 2 N–H and O–H groups in total. The number of rotatable bonds is 7. The summed E-state index contributed by atoms with van der Waals surface area (Å²) in [5.41, 5.74) is 7.59. The van der Waals surface area contributed by atoms with Gasteiger partial charge in [0.05, 0.1) is 0 Å². The van der Waals surface area contributed by atoms with Gasteiger partial charge in [-0.25, -0.2) is 4.79 Å². The van der Waals surface area contributed by atoms with Gasteiger partial charge >= 0.3 is 5.97 Å². The second-order valence-electron chi connectivity index (χ2n) is 3.90. The van der Waals surface area contributed by atoms with Crippen molar-refractivity contribution in [1.82, 2.24) is 10.3 Å². The third-order valence-electron chi connectivity index (χ3n) is 2.66. The molecule has 1 rings (SSSR count). The summed E-state index contributed by atoms with van der Waals surface area (Å²) in [6.45, 7) is 2.39. The zero-order valence-electron chi connectivity index (χ0n) is 10.1. The zero-order chi connectivity index (χ0) is 13.4. The zero-order valence-corrected chi connectivity index (χ0v) is 10.1. The van der Waals surface area contributed by atoms with Gasteiger partial charge in [0.2, 0.25) is 0 Å². The summed E-state index contributed by atoms with van der Waals surface area (Å²) in [7, 11) is 0. The molecule has 0 saturated heterocycles. The monoisotopic (exact) mass is 249 g/mol. The summed E-state index contributed by atoms with van der Waals surface area (Å²) in [5, 5.41) is 15.7. The minimum atomic E-state index is -1.17. The third-order valence-corrected chi connectivity index (χ3v) is 2.66. The van der Waals surface area contributed by atoms with E-state index < -0.39 is 11.5 Å². The van der Waals surface area contributed by atoms with Gasteiger partial charge in [-0.2, -0.15) is 0 Å². The number of aliphatic carboxylic acids is 1. The maximum absolute atomic E-state index is 11.4. The first kappa shape index (κ1) is 14.0. The number of carboxylic acid groups (broad SMARTS) is 1. The molecule has 1 unspecified atom stereocenters. The lowest BCUT2D eigenvalue weighted by Crippen LogP contribution is -2.47. The van der Waals surface area contributed by atoms with Gasteiger partial charge in [-0.15, -0.1) is 0 Å². The minimum absolute atomic E-state index is 0.343. The number of carbonyl (C=O) groups is 1. The summed E-state index contributed by atoms with van der Waals surface area (Å²) < 4.78 is 0. The number of carboxylic acids is 1. The second kappa shape index (κ2) is 6.58. The summed E-state index contributed by atoms with van der Waals surface area (Å²) in [5.74, 6) is -0.961. The lowest BCUT2D eigenvalue weighted by Gasteiger charge is -2.26. The van der Waals surface area contributed by atoms with Gasteiger partial charge in [0.25, 0.3) is 0 Å². The average molecular weight is 249 g/mol. The minimum Gasteiger partial charge on any atom is -0.480 e. The molecule has 7 nitrogen and oxygen atoms in total. The average Bonchev–Trinajstić information content (AvgIpc) is 2.39. The van der Waals surface area contributed by atoms with Crippen molar-refractivity contribution in [3.05, 3.63) is 40.5 Å². The Balaban J connectivity index is 2.70. The van der Waals surface area contributed by atoms with Crippen molar-refractivity contribution < 1.29 is 9.90 Å². The van der Waals surface area contributed by atoms with E-state index >= 15 is 0 Å². The number of hydrogen-bond donors (Lipinski definition) is 2. The largest absolute Gasteiger partial charge is 0.480 e. The van der Waals surface area contributed by atoms with Gasteiger partial charge in [-0.3, -0.25) is 10.3 Å². The van der Waals surface area contributed by atoms with Crippen molar-refractivity contribution in [2.45, 2.75) is 18.9 Å². The van der Waals surface area contributed by atoms with Crippen molar-refractivity contribution in [2.75, 3.05) is 13.1 Å². The molecule has 0 amide bonds. The van der Waals surface area contributed by atoms with E-state index in [0.29, 0.717) is 25.1 Å². The standard InChI is InChI=1S/C11H15N5O2/c1-11(10(17)18,9-3-7-13-8-4-9)14-5-2-6-15-16-12/h3-4,7-8,14H,2,5-6H2,1H3,(H,17,18). The number of nitrogens with zero attached hydrogens (tertiary/aromatic N) is 4. The van der Waals surface area contributed by atoms with E-state index in [9.17, 15) is 9.90 Å². The summed E-state index contributed by atoms with van der Waals surface area (Å²) in [4.78, 5) is 17.9. The fourth-order valence-corrected chi connectivity index (χ4v) is 1.52. The Bertz CT molecular complexity index is 444. The number of aromatic nitrogens is 1. The smallest absolute Gasteiger partial charge is 0.328 e. The van der Waals surface area contributed by atoms with Crippen LogP contribution >= 0.6 is 0 Å². The van der Waals surface area contributed by atoms with Crippen LogP contribution in [0.3, 0.4) is 0 Å². The maximum atomic E-state index is 11.4. The van der Waals surface area contributed by atoms with E-state index in [4.69, 9.17) is 5.53 Å². The van der Waals surface area contributed by atoms with Crippen LogP contribution in [-0.4, -0.2) is 29.1 Å². The molecule has 96 valence electrons. The van der Waals surface area contributed by atoms with Gasteiger partial charge < -0.3 is 5.11 Å². The summed E-state index contributed by atoms with van der Waals surface area (Å²) in [6.07, 6.45) is 3.69. The highest BCUT2D eigenvalue weighted by Gasteiger charge is 2.34. The van der Waals surface area contributed by atoms with Gasteiger partial charge in [0, 0.05) is 23.9 Å². The molecule has 0 spiro atoms. The normalized spacial score (nSPS) is 13.4. The van der Waals surface area contributed by atoms with Gasteiger partial charge in [-0.1, -0.05) is 5.11 Å². The molecule has 7 heteroatoms. The SMILES string of the molecule is CC(NCCCN=[N+]=[N-])(C(=O)O)c1ccncc1. The highest BCUT2D eigenvalue weighted by molar-refractivity contribution is 5.80. The van der Waals surface area contributed by atoms with Crippen molar-refractivity contribution >= 4 is 5.97 Å². The van der Waals surface area contributed by atoms with Crippen LogP contribution in [0.2, 0.25) is 0 Å². The Hall–Kier alpha value is -2.11. The predicted molar refractivity (Wildman–Crippen MR) is 65.9 cm³/mol. The van der Waals surface area contributed by atoms with E-state index in [1.807, 2.05) is 0 Å². The Labute approximate surface area is 104 Å². The van der Waals surface area contributed by atoms with Crippen molar-refractivity contribution in [2.24, 2.45) is 5.11 Å². The lowest BCUT2D eigenvalue weighted by molar-refractivity contribution is -0.144. The quantitative estimate of drug-likeness (QED) is 0.331. The number of pyridine rings is 1. The lowest BCUT2D eigenvalue weighted by atomic mass is 9.93. The molecule has 0 bridgehead atoms. The Morgan fingerprint density at radius 2 is 2.28 bits per heavy atom. The second-order valence-corrected chi connectivity index (χ2v) is 3.90. The Morgan fingerprint density at radius 1 is 1.61 bits per heavy atom. The van der Waals surface area contributed by atoms with Crippen molar-refractivity contribution in [1.29, 1.82) is 0 Å². The molecule has 0 aliphatic heterocycles. The molecule has 0 aromatic carbocycles. The fraction of sp³-hybridized carbons (Fsp3) is 0.455. The number of azide groups is 1. The first-order valence-corrected chi connectivity index (χ1v) is 5.51. The Morgan fingerprint density at radius 3 is 2.83 bits per heavy atom. The molecule has 1 atom stereocenters. The van der Waals surface area contributed by atoms with Crippen LogP contribution in [0.25, 0.3) is 10.4 Å². The predicted octanol–water partition coefficient (Wildman–Crippen LogP) is 1.67. The fourth-order valence-electron chi connectivity index (χ4n) is 1.52. The van der Waals surface area contributed by atoms with E-state index in [2.05, 4.69) is 20.3 Å². The molecule has 0 radical (unpaired) electrons. The Kier molecular flexibility index (Phi) is 5.10. The molecular formula is C11H15N5O2. The molecule has 18 heavy (non-hydrogen) atoms. The molecule has 1 aromatic rings. The molecular weight excluding hydrogens is 234 g/mol. The maximum Gasteiger partial charge on any atom is 0.328 e. The van der Waals surface area contributed by atoms with Crippen LogP contribution in [0, 0.1) is 0 Å². The first-order chi connectivity index (χ1) is 8.61. The van der Waals surface area contributed by atoms with Gasteiger partial charge in [0.15, 0.2) is 0 Å². The van der Waals surface area contributed by atoms with E-state index in [1.165, 1.54) is 0 Å². The van der Waals surface area contributed by atoms with Crippen molar-refractivity contribution in [3.63, 3.8) is 0 Å². The number of hydrogen-bond acceptors (Lipinski definition) is 4. The van der Waals surface area contributed by atoms with Crippen LogP contribution in [0.5, 0.6) is 0 Å². The third kappa shape index (κ3) is 3.44. The van der Waals surface area contributed by atoms with Crippen LogP contribution < -0.4 is 5.32 Å². The molecule has 1 aromatic heterocycles. The number of nitrogens with one attached hydrogen (secondary N) is 1. The molecule has 0 aliphatic carbocycles. The molecule has 1 heterocycles. The van der Waals surface area contributed by atoms with E-state index in [-0.39, 0.29) is 0 Å². The highest BCUT2D eigenvalue weighted by atomic mass is 16.4. The topological polar surface area (TPSA) is 111 Å². The first-order valence-electron chi connectivity index (χ1n) is 5.51. The van der Waals surface area contributed by atoms with Crippen molar-refractivity contribution in [3.8, 4) is 0 Å². The molecule has 0 aliphatic rings. The van der Waals surface area contributed by atoms with Crippen LogP contribution in [0.1, 0.15) is 18.9 Å². The summed E-state index contributed by atoms with van der Waals surface area (Å²) in [6, 6.07) is 3.32. The highest BCUT2D eigenvalue weighted by Crippen LogP contribution is 2.20. The van der Waals surface area contributed by atoms with Crippen LogP contribution in [0.4, 0.5) is 0 Å². The van der Waals surface area contributed by atoms with E-state index in [1.54, 1.807) is 31.5 Å². The summed E-state index contributed by atoms with van der Waals surface area (Å²) >= 11 is 0. The van der Waals surface area contributed by atoms with Gasteiger partial charge in [-0.05, 0) is 43.1 Å². The van der Waals surface area contributed by atoms with Crippen LogP contribution in [0.15, 0.2) is 29.6 Å².